The van der Waals surface area contributed by atoms with Gasteiger partial charge in [-0.05, 0) is 43.5 Å². The molecule has 0 bridgehead atoms. The average Bonchev–Trinajstić information content (AvgIpc) is 3.24. The highest BCUT2D eigenvalue weighted by molar-refractivity contribution is 7.17. The molecule has 0 radical (unpaired) electrons. The lowest BCUT2D eigenvalue weighted by molar-refractivity contribution is -0.152. The van der Waals surface area contributed by atoms with Gasteiger partial charge in [-0.3, -0.25) is 14.5 Å². The van der Waals surface area contributed by atoms with Gasteiger partial charge in [0, 0.05) is 35.1 Å². The molecule has 0 aliphatic carbocycles. The summed E-state index contributed by atoms with van der Waals surface area (Å²) in [5.41, 5.74) is 2.41. The van der Waals surface area contributed by atoms with E-state index in [1.54, 1.807) is 6.92 Å². The topological polar surface area (TPSA) is 84.9 Å². The molecule has 0 fully saturated rings. The van der Waals surface area contributed by atoms with Gasteiger partial charge in [0.1, 0.15) is 10.8 Å². The van der Waals surface area contributed by atoms with Gasteiger partial charge in [-0.25, -0.2) is 9.18 Å². The fourth-order valence-corrected chi connectivity index (χ4v) is 5.80. The summed E-state index contributed by atoms with van der Waals surface area (Å²) < 4.78 is 24.5. The van der Waals surface area contributed by atoms with E-state index in [0.29, 0.717) is 23.5 Å². The molecule has 2 aromatic carbocycles. The zero-order valence-electron chi connectivity index (χ0n) is 21.1. The third kappa shape index (κ3) is 6.59. The van der Waals surface area contributed by atoms with Crippen LogP contribution in [0.4, 0.5) is 9.39 Å². The molecule has 1 aromatic heterocycles. The molecule has 10 heteroatoms. The van der Waals surface area contributed by atoms with Crippen molar-refractivity contribution in [3.8, 4) is 0 Å². The monoisotopic (exact) mass is 558 g/mol. The molecule has 0 saturated heterocycles. The molecular weight excluding hydrogens is 531 g/mol. The number of anilines is 1. The van der Waals surface area contributed by atoms with Gasteiger partial charge in [-0.15, -0.1) is 11.3 Å². The van der Waals surface area contributed by atoms with Crippen LogP contribution < -0.4 is 5.32 Å². The molecule has 1 atom stereocenters. The van der Waals surface area contributed by atoms with Crippen molar-refractivity contribution in [1.82, 2.24) is 4.90 Å². The van der Waals surface area contributed by atoms with Crippen LogP contribution in [0.3, 0.4) is 0 Å². The first kappa shape index (κ1) is 27.8. The second kappa shape index (κ2) is 12.5. The first-order valence-corrected chi connectivity index (χ1v) is 13.5. The highest BCUT2D eigenvalue weighted by atomic mass is 35.5. The number of fused-ring (bicyclic) bond motifs is 1. The number of esters is 2. The van der Waals surface area contributed by atoms with Crippen molar-refractivity contribution >= 4 is 45.8 Å². The lowest BCUT2D eigenvalue weighted by Gasteiger charge is -2.27. The zero-order chi connectivity index (χ0) is 27.2. The van der Waals surface area contributed by atoms with E-state index in [1.165, 1.54) is 42.0 Å². The standard InChI is InChI=1S/C28H28ClFN2O5S/c1-3-36-28(35)25-19-12-13-32(15-18-8-5-4-6-9-18)16-23(19)38-27(25)31-26(34)17(2)37-24(33)14-20-21(29)10-7-11-22(20)30/h4-11,17H,3,12-16H2,1-2H3,(H,31,34). The van der Waals surface area contributed by atoms with Crippen molar-refractivity contribution in [2.75, 3.05) is 18.5 Å². The molecular formula is C28H28ClFN2O5S. The molecule has 1 N–H and O–H groups in total. The summed E-state index contributed by atoms with van der Waals surface area (Å²) in [5, 5.41) is 3.21. The second-order valence-electron chi connectivity index (χ2n) is 8.87. The van der Waals surface area contributed by atoms with Crippen LogP contribution in [0.2, 0.25) is 5.02 Å². The molecule has 38 heavy (non-hydrogen) atoms. The summed E-state index contributed by atoms with van der Waals surface area (Å²) in [6.07, 6.45) is -0.963. The number of hydrogen-bond donors (Lipinski definition) is 1. The molecule has 1 amide bonds. The van der Waals surface area contributed by atoms with Crippen LogP contribution in [-0.4, -0.2) is 42.0 Å². The average molecular weight is 559 g/mol. The number of rotatable bonds is 9. The van der Waals surface area contributed by atoms with Gasteiger partial charge in [-0.1, -0.05) is 48.0 Å². The van der Waals surface area contributed by atoms with Crippen molar-refractivity contribution in [3.05, 3.63) is 86.5 Å². The summed E-state index contributed by atoms with van der Waals surface area (Å²) >= 11 is 7.30. The fraction of sp³-hybridized carbons (Fsp3) is 0.321. The zero-order valence-corrected chi connectivity index (χ0v) is 22.7. The fourth-order valence-electron chi connectivity index (χ4n) is 4.29. The van der Waals surface area contributed by atoms with Crippen molar-refractivity contribution in [1.29, 1.82) is 0 Å². The highest BCUT2D eigenvalue weighted by Gasteiger charge is 2.31. The number of halogens is 2. The second-order valence-corrected chi connectivity index (χ2v) is 10.4. The van der Waals surface area contributed by atoms with Gasteiger partial charge in [0.05, 0.1) is 18.6 Å². The van der Waals surface area contributed by atoms with Gasteiger partial charge in [0.25, 0.3) is 5.91 Å². The van der Waals surface area contributed by atoms with E-state index in [1.807, 2.05) is 18.2 Å². The largest absolute Gasteiger partial charge is 0.462 e. The number of nitrogens with zero attached hydrogens (tertiary/aromatic N) is 1. The van der Waals surface area contributed by atoms with Gasteiger partial charge in [0.2, 0.25) is 0 Å². The van der Waals surface area contributed by atoms with E-state index >= 15 is 0 Å². The van der Waals surface area contributed by atoms with Crippen LogP contribution in [0.1, 0.15) is 45.8 Å². The summed E-state index contributed by atoms with van der Waals surface area (Å²) in [7, 11) is 0. The smallest absolute Gasteiger partial charge is 0.341 e. The van der Waals surface area contributed by atoms with Crippen molar-refractivity contribution < 1.29 is 28.2 Å². The number of ether oxygens (including phenoxy) is 2. The molecule has 2 heterocycles. The van der Waals surface area contributed by atoms with E-state index < -0.39 is 36.2 Å². The molecule has 0 spiro atoms. The first-order valence-electron chi connectivity index (χ1n) is 12.3. The third-order valence-electron chi connectivity index (χ3n) is 6.16. The molecule has 0 saturated carbocycles. The summed E-state index contributed by atoms with van der Waals surface area (Å²) in [4.78, 5) is 41.4. The van der Waals surface area contributed by atoms with Crippen LogP contribution in [0, 0.1) is 5.82 Å². The number of carbonyl (C=O) groups is 3. The Balaban J connectivity index is 1.46. The van der Waals surface area contributed by atoms with E-state index in [4.69, 9.17) is 21.1 Å². The van der Waals surface area contributed by atoms with E-state index in [-0.39, 0.29) is 17.2 Å². The Bertz CT molecular complexity index is 1310. The van der Waals surface area contributed by atoms with Crippen molar-refractivity contribution in [2.45, 2.75) is 45.9 Å². The third-order valence-corrected chi connectivity index (χ3v) is 7.65. The molecule has 1 aliphatic rings. The minimum Gasteiger partial charge on any atom is -0.462 e. The van der Waals surface area contributed by atoms with Crippen LogP contribution >= 0.6 is 22.9 Å². The summed E-state index contributed by atoms with van der Waals surface area (Å²) in [6, 6.07) is 14.2. The normalized spacial score (nSPS) is 13.9. The maximum atomic E-state index is 14.0. The number of thiophene rings is 1. The van der Waals surface area contributed by atoms with Crippen molar-refractivity contribution in [3.63, 3.8) is 0 Å². The predicted octanol–water partition coefficient (Wildman–Crippen LogP) is 5.39. The number of hydrogen-bond acceptors (Lipinski definition) is 7. The summed E-state index contributed by atoms with van der Waals surface area (Å²) in [5.74, 6) is -2.54. The van der Waals surface area contributed by atoms with Crippen LogP contribution in [-0.2, 0) is 45.0 Å². The minimum absolute atomic E-state index is 0.00219. The Hall–Kier alpha value is -3.27. The van der Waals surface area contributed by atoms with Gasteiger partial charge in [-0.2, -0.15) is 0 Å². The number of benzene rings is 2. The van der Waals surface area contributed by atoms with Crippen LogP contribution in [0.5, 0.6) is 0 Å². The summed E-state index contributed by atoms with van der Waals surface area (Å²) in [6.45, 7) is 5.49. The first-order chi connectivity index (χ1) is 18.3. The molecule has 1 unspecified atom stereocenters. The minimum atomic E-state index is -1.18. The number of amides is 1. The van der Waals surface area contributed by atoms with Gasteiger partial charge >= 0.3 is 11.9 Å². The molecule has 200 valence electrons. The Morgan fingerprint density at radius 2 is 1.92 bits per heavy atom. The SMILES string of the molecule is CCOC(=O)c1c(NC(=O)C(C)OC(=O)Cc2c(F)cccc2Cl)sc2c1CCN(Cc1ccccc1)C2. The number of nitrogens with one attached hydrogen (secondary N) is 1. The Morgan fingerprint density at radius 3 is 2.63 bits per heavy atom. The van der Waals surface area contributed by atoms with E-state index in [0.717, 1.165) is 23.5 Å². The quantitative estimate of drug-likeness (QED) is 0.355. The molecule has 3 aromatic rings. The predicted molar refractivity (Wildman–Crippen MR) is 144 cm³/mol. The lowest BCUT2D eigenvalue weighted by Crippen LogP contribution is -2.31. The molecule has 4 rings (SSSR count). The van der Waals surface area contributed by atoms with Crippen LogP contribution in [0.25, 0.3) is 0 Å². The van der Waals surface area contributed by atoms with E-state index in [2.05, 4.69) is 22.3 Å². The number of carbonyl (C=O) groups excluding carboxylic acids is 3. The van der Waals surface area contributed by atoms with E-state index in [9.17, 15) is 18.8 Å². The molecule has 7 nitrogen and oxygen atoms in total. The van der Waals surface area contributed by atoms with Crippen molar-refractivity contribution in [2.24, 2.45) is 0 Å². The Labute approximate surface area is 229 Å². The van der Waals surface area contributed by atoms with Crippen LogP contribution in [0.15, 0.2) is 48.5 Å². The maximum absolute atomic E-state index is 14.0. The Morgan fingerprint density at radius 1 is 1.16 bits per heavy atom. The van der Waals surface area contributed by atoms with Gasteiger partial charge in [0.15, 0.2) is 6.10 Å². The van der Waals surface area contributed by atoms with Gasteiger partial charge < -0.3 is 14.8 Å². The highest BCUT2D eigenvalue weighted by Crippen LogP contribution is 2.38. The molecule has 1 aliphatic heterocycles. The Kier molecular flexibility index (Phi) is 9.14. The lowest BCUT2D eigenvalue weighted by atomic mass is 10.0. The maximum Gasteiger partial charge on any atom is 0.341 e.